The van der Waals surface area contributed by atoms with Gasteiger partial charge in [-0.05, 0) is 104 Å². The van der Waals surface area contributed by atoms with Gasteiger partial charge in [-0.1, -0.05) is 37.6 Å². The molecule has 0 aromatic heterocycles. The Kier molecular flexibility index (Phi) is 5.36. The molecule has 0 amide bonds. The van der Waals surface area contributed by atoms with Crippen LogP contribution in [0.25, 0.3) is 0 Å². The highest BCUT2D eigenvalue weighted by atomic mass is 16.3. The first-order valence-corrected chi connectivity index (χ1v) is 12.8. The number of fused-ring (bicyclic) bond motifs is 5. The highest BCUT2D eigenvalue weighted by Crippen LogP contribution is 2.68. The van der Waals surface area contributed by atoms with Crippen LogP contribution in [0.5, 0.6) is 0 Å². The summed E-state index contributed by atoms with van der Waals surface area (Å²) in [7, 11) is 4.16. The van der Waals surface area contributed by atoms with Crippen LogP contribution < -0.4 is 4.90 Å². The molecule has 0 aliphatic heterocycles. The van der Waals surface area contributed by atoms with Crippen LogP contribution in [0, 0.1) is 34.5 Å². The fourth-order valence-corrected chi connectivity index (χ4v) is 8.78. The minimum atomic E-state index is -0.150. The number of carbonyl (C=O) groups is 1. The van der Waals surface area contributed by atoms with E-state index in [9.17, 15) is 9.90 Å². The molecule has 0 saturated heterocycles. The van der Waals surface area contributed by atoms with Crippen molar-refractivity contribution in [3.8, 4) is 0 Å². The first-order chi connectivity index (χ1) is 15.1. The molecular formula is C29H41NO2. The minimum absolute atomic E-state index is 0.105. The average molecular weight is 436 g/mol. The van der Waals surface area contributed by atoms with Crippen molar-refractivity contribution in [2.24, 2.45) is 34.5 Å². The van der Waals surface area contributed by atoms with Gasteiger partial charge in [0.1, 0.15) is 5.78 Å². The third-order valence-corrected chi connectivity index (χ3v) is 10.4. The molecule has 3 saturated carbocycles. The standard InChI is InChI=1S/C29H41NO2/c1-18(31)27-24(19-6-9-21(10-7-19)30(4)5)17-26-23-11-8-20-16-22(32)12-14-28(20,2)25(23)13-15-29(26,27)3/h6-10,22-27,32H,11-17H2,1-5H3/t22-,23-,24-,25-,26+,27+,28-,29-/m0/s1. The maximum absolute atomic E-state index is 13.1. The highest BCUT2D eigenvalue weighted by Gasteiger charge is 2.62. The van der Waals surface area contributed by atoms with Gasteiger partial charge in [0.05, 0.1) is 6.10 Å². The van der Waals surface area contributed by atoms with E-state index in [-0.39, 0.29) is 22.9 Å². The summed E-state index contributed by atoms with van der Waals surface area (Å²) in [6.07, 6.45) is 9.97. The Morgan fingerprint density at radius 2 is 1.78 bits per heavy atom. The van der Waals surface area contributed by atoms with Gasteiger partial charge in [0.2, 0.25) is 0 Å². The second-order valence-electron chi connectivity index (χ2n) is 12.1. The molecule has 174 valence electrons. The number of hydrogen-bond donors (Lipinski definition) is 1. The van der Waals surface area contributed by atoms with E-state index in [2.05, 4.69) is 63.2 Å². The number of anilines is 1. The molecule has 4 aliphatic carbocycles. The Bertz CT molecular complexity index is 918. The van der Waals surface area contributed by atoms with E-state index < -0.39 is 0 Å². The predicted octanol–water partition coefficient (Wildman–Crippen LogP) is 5.98. The Balaban J connectivity index is 1.49. The molecule has 5 rings (SSSR count). The largest absolute Gasteiger partial charge is 0.393 e. The normalized spacial score (nSPS) is 43.0. The minimum Gasteiger partial charge on any atom is -0.393 e. The highest BCUT2D eigenvalue weighted by molar-refractivity contribution is 5.81. The van der Waals surface area contributed by atoms with Gasteiger partial charge in [-0.15, -0.1) is 0 Å². The van der Waals surface area contributed by atoms with Crippen LogP contribution in [0.3, 0.4) is 0 Å². The lowest BCUT2D eigenvalue weighted by molar-refractivity contribution is -0.128. The number of aliphatic hydroxyl groups is 1. The summed E-state index contributed by atoms with van der Waals surface area (Å²) in [5.41, 5.74) is 4.45. The molecule has 0 spiro atoms. The molecule has 1 N–H and O–H groups in total. The molecule has 1 aromatic rings. The van der Waals surface area contributed by atoms with Gasteiger partial charge in [0, 0.05) is 25.7 Å². The number of Topliss-reactive ketones (excluding diaryl/α,β-unsaturated/α-hetero) is 1. The molecular weight excluding hydrogens is 394 g/mol. The number of allylic oxidation sites excluding steroid dienone is 1. The van der Waals surface area contributed by atoms with E-state index in [1.54, 1.807) is 0 Å². The number of carbonyl (C=O) groups excluding carboxylic acids is 1. The molecule has 3 fully saturated rings. The van der Waals surface area contributed by atoms with Crippen LogP contribution in [-0.2, 0) is 4.79 Å². The number of rotatable bonds is 3. The van der Waals surface area contributed by atoms with Crippen LogP contribution in [0.4, 0.5) is 5.69 Å². The number of nitrogens with zero attached hydrogens (tertiary/aromatic N) is 1. The zero-order valence-electron chi connectivity index (χ0n) is 20.6. The van der Waals surface area contributed by atoms with Gasteiger partial charge in [-0.2, -0.15) is 0 Å². The SMILES string of the molecule is CC(=O)[C@@H]1[C@H](c2ccc(N(C)C)cc2)C[C@@H]2[C@H]3CC=C4C[C@@H](O)CC[C@]4(C)[C@H]3CC[C@@]21C. The van der Waals surface area contributed by atoms with Crippen molar-refractivity contribution in [2.75, 3.05) is 19.0 Å². The molecule has 0 radical (unpaired) electrons. The predicted molar refractivity (Wildman–Crippen MR) is 131 cm³/mol. The fraction of sp³-hybridized carbons (Fsp3) is 0.690. The molecule has 0 heterocycles. The van der Waals surface area contributed by atoms with Crippen molar-refractivity contribution in [1.29, 1.82) is 0 Å². The van der Waals surface area contributed by atoms with E-state index in [1.807, 2.05) is 6.92 Å². The summed E-state index contributed by atoms with van der Waals surface area (Å²) in [5.74, 6) is 2.83. The molecule has 3 heteroatoms. The average Bonchev–Trinajstić information content (AvgIpc) is 3.07. The summed E-state index contributed by atoms with van der Waals surface area (Å²) in [4.78, 5) is 15.2. The maximum atomic E-state index is 13.1. The van der Waals surface area contributed by atoms with Crippen LogP contribution in [0.1, 0.15) is 77.2 Å². The molecule has 0 unspecified atom stereocenters. The van der Waals surface area contributed by atoms with Crippen molar-refractivity contribution >= 4 is 11.5 Å². The van der Waals surface area contributed by atoms with Crippen LogP contribution in [0.15, 0.2) is 35.9 Å². The van der Waals surface area contributed by atoms with Crippen molar-refractivity contribution in [2.45, 2.75) is 77.7 Å². The summed E-state index contributed by atoms with van der Waals surface area (Å²) in [6, 6.07) is 8.97. The van der Waals surface area contributed by atoms with Gasteiger partial charge in [0.15, 0.2) is 0 Å². The Morgan fingerprint density at radius 1 is 1.06 bits per heavy atom. The maximum Gasteiger partial charge on any atom is 0.134 e. The quantitative estimate of drug-likeness (QED) is 0.594. The molecule has 3 nitrogen and oxygen atoms in total. The lowest BCUT2D eigenvalue weighted by atomic mass is 9.47. The van der Waals surface area contributed by atoms with Crippen molar-refractivity contribution in [3.05, 3.63) is 41.5 Å². The molecule has 32 heavy (non-hydrogen) atoms. The smallest absolute Gasteiger partial charge is 0.134 e. The van der Waals surface area contributed by atoms with Crippen LogP contribution in [-0.4, -0.2) is 31.1 Å². The molecule has 0 bridgehead atoms. The first kappa shape index (κ1) is 22.2. The second-order valence-corrected chi connectivity index (χ2v) is 12.1. The Hall–Kier alpha value is -1.61. The summed E-state index contributed by atoms with van der Waals surface area (Å²) in [5, 5.41) is 10.3. The van der Waals surface area contributed by atoms with Crippen LogP contribution in [0.2, 0.25) is 0 Å². The third-order valence-electron chi connectivity index (χ3n) is 10.4. The summed E-state index contributed by atoms with van der Waals surface area (Å²) in [6.45, 7) is 6.77. The Labute approximate surface area is 194 Å². The number of hydrogen-bond acceptors (Lipinski definition) is 3. The Morgan fingerprint density at radius 3 is 2.44 bits per heavy atom. The number of ketones is 1. The van der Waals surface area contributed by atoms with Gasteiger partial charge in [-0.3, -0.25) is 4.79 Å². The number of benzene rings is 1. The van der Waals surface area contributed by atoms with Gasteiger partial charge < -0.3 is 10.0 Å². The first-order valence-electron chi connectivity index (χ1n) is 12.8. The monoisotopic (exact) mass is 435 g/mol. The summed E-state index contributed by atoms with van der Waals surface area (Å²) < 4.78 is 0. The van der Waals surface area contributed by atoms with E-state index in [4.69, 9.17) is 0 Å². The number of aliphatic hydroxyl groups excluding tert-OH is 1. The lowest BCUT2D eigenvalue weighted by Crippen LogP contribution is -2.51. The van der Waals surface area contributed by atoms with Crippen molar-refractivity contribution in [1.82, 2.24) is 0 Å². The van der Waals surface area contributed by atoms with E-state index >= 15 is 0 Å². The lowest BCUT2D eigenvalue weighted by Gasteiger charge is -2.57. The third kappa shape index (κ3) is 3.22. The second kappa shape index (κ2) is 7.72. The van der Waals surface area contributed by atoms with Crippen molar-refractivity contribution in [3.63, 3.8) is 0 Å². The van der Waals surface area contributed by atoms with E-state index in [0.717, 1.165) is 32.1 Å². The van der Waals surface area contributed by atoms with Crippen LogP contribution >= 0.6 is 0 Å². The topological polar surface area (TPSA) is 40.5 Å². The molecule has 4 aliphatic rings. The summed E-state index contributed by atoms with van der Waals surface area (Å²) >= 11 is 0. The van der Waals surface area contributed by atoms with Gasteiger partial charge >= 0.3 is 0 Å². The molecule has 1 aromatic carbocycles. The molecule has 8 atom stereocenters. The van der Waals surface area contributed by atoms with E-state index in [0.29, 0.717) is 29.5 Å². The van der Waals surface area contributed by atoms with Crippen molar-refractivity contribution < 1.29 is 9.90 Å². The van der Waals surface area contributed by atoms with Gasteiger partial charge in [0.25, 0.3) is 0 Å². The fourth-order valence-electron chi connectivity index (χ4n) is 8.78. The van der Waals surface area contributed by atoms with E-state index in [1.165, 1.54) is 29.7 Å². The zero-order valence-corrected chi connectivity index (χ0v) is 20.6. The zero-order chi connectivity index (χ0) is 22.8. The van der Waals surface area contributed by atoms with Gasteiger partial charge in [-0.25, -0.2) is 0 Å².